The van der Waals surface area contributed by atoms with Gasteiger partial charge >= 0.3 is 0 Å². The number of thioether (sulfide) groups is 2. The van der Waals surface area contributed by atoms with Gasteiger partial charge in [-0.2, -0.15) is 0 Å². The second-order valence-electron chi connectivity index (χ2n) is 8.74. The zero-order valence-corrected chi connectivity index (χ0v) is 22.2. The molecule has 3 aromatic carbocycles. The first-order valence-electron chi connectivity index (χ1n) is 12.0. The molecular formula is C29H23ClN4OS2. The van der Waals surface area contributed by atoms with Crippen LogP contribution in [0.25, 0.3) is 5.69 Å². The number of rotatable bonds is 6. The smallest absolute Gasteiger partial charge is 0.238 e. The standard InChI is InChI=1S/C29H23ClN4OS2/c30-21-14-16-22(17-15-21)33-27(18-20-8-2-1-3-9-20)31-32-29(33)36-19-28(35)34-23-10-4-6-12-25(23)37-26-13-7-5-11-24(26)34/h1-17,23,25H,18-19H2/t23-,25+/m1/s1. The lowest BCUT2D eigenvalue weighted by Crippen LogP contribution is -2.48. The maximum atomic E-state index is 13.7. The van der Waals surface area contributed by atoms with Crippen LogP contribution in [0.15, 0.2) is 113 Å². The van der Waals surface area contributed by atoms with Gasteiger partial charge in [0.15, 0.2) is 5.16 Å². The van der Waals surface area contributed by atoms with Crippen molar-refractivity contribution in [1.82, 2.24) is 14.8 Å². The number of aromatic nitrogens is 3. The Morgan fingerprint density at radius 1 is 0.919 bits per heavy atom. The van der Waals surface area contributed by atoms with Gasteiger partial charge in [0.2, 0.25) is 5.91 Å². The molecule has 6 rings (SSSR count). The summed E-state index contributed by atoms with van der Waals surface area (Å²) >= 11 is 9.38. The quantitative estimate of drug-likeness (QED) is 0.257. The summed E-state index contributed by atoms with van der Waals surface area (Å²) in [5.41, 5.74) is 3.02. The first-order valence-corrected chi connectivity index (χ1v) is 14.2. The third-order valence-corrected chi connectivity index (χ3v) is 8.80. The van der Waals surface area contributed by atoms with Crippen molar-refractivity contribution < 1.29 is 4.79 Å². The number of allylic oxidation sites excluding steroid dienone is 2. The average molecular weight is 543 g/mol. The first kappa shape index (κ1) is 24.1. The highest BCUT2D eigenvalue weighted by Gasteiger charge is 2.36. The van der Waals surface area contributed by atoms with Gasteiger partial charge in [-0.25, -0.2) is 0 Å². The van der Waals surface area contributed by atoms with E-state index >= 15 is 0 Å². The van der Waals surface area contributed by atoms with E-state index in [1.165, 1.54) is 11.8 Å². The minimum absolute atomic E-state index is 0.0132. The van der Waals surface area contributed by atoms with Gasteiger partial charge in [0.1, 0.15) is 5.82 Å². The van der Waals surface area contributed by atoms with Crippen molar-refractivity contribution in [1.29, 1.82) is 0 Å². The highest BCUT2D eigenvalue weighted by atomic mass is 35.5. The number of fused-ring (bicyclic) bond motifs is 2. The number of hydrogen-bond acceptors (Lipinski definition) is 5. The number of carbonyl (C=O) groups is 1. The van der Waals surface area contributed by atoms with Gasteiger partial charge in [0, 0.05) is 22.0 Å². The molecule has 2 atom stereocenters. The normalized spacial score (nSPS) is 17.9. The molecule has 2 aliphatic rings. The van der Waals surface area contributed by atoms with Crippen LogP contribution in [0.2, 0.25) is 5.02 Å². The predicted molar refractivity (Wildman–Crippen MR) is 152 cm³/mol. The SMILES string of the molecule is O=C(CSc1nnc(Cc2ccccc2)n1-c1ccc(Cl)cc1)N1c2ccccc2S[C@H]2C=CC=C[C@H]21. The average Bonchev–Trinajstić information content (AvgIpc) is 3.33. The number of nitrogens with zero attached hydrogens (tertiary/aromatic N) is 4. The number of halogens is 1. The third kappa shape index (κ3) is 4.99. The second kappa shape index (κ2) is 10.6. The van der Waals surface area contributed by atoms with Crippen LogP contribution in [-0.4, -0.2) is 37.7 Å². The van der Waals surface area contributed by atoms with Crippen LogP contribution >= 0.6 is 35.1 Å². The van der Waals surface area contributed by atoms with Gasteiger partial charge in [0.25, 0.3) is 0 Å². The van der Waals surface area contributed by atoms with Gasteiger partial charge in [-0.05, 0) is 42.0 Å². The largest absolute Gasteiger partial charge is 0.302 e. The molecule has 0 saturated carbocycles. The monoisotopic (exact) mass is 542 g/mol. The van der Waals surface area contributed by atoms with Crippen molar-refractivity contribution in [2.75, 3.05) is 10.7 Å². The van der Waals surface area contributed by atoms with Crippen molar-refractivity contribution in [3.8, 4) is 5.69 Å². The van der Waals surface area contributed by atoms with E-state index in [-0.39, 0.29) is 23.0 Å². The molecule has 4 aromatic rings. The molecule has 0 saturated heterocycles. The lowest BCUT2D eigenvalue weighted by atomic mass is 10.0. The number of anilines is 1. The minimum atomic E-state index is -0.0132. The molecule has 8 heteroatoms. The van der Waals surface area contributed by atoms with Gasteiger partial charge in [-0.1, -0.05) is 90.1 Å². The van der Waals surface area contributed by atoms with Crippen LogP contribution in [0.3, 0.4) is 0 Å². The van der Waals surface area contributed by atoms with E-state index in [9.17, 15) is 4.79 Å². The number of amides is 1. The Balaban J connectivity index is 1.29. The van der Waals surface area contributed by atoms with E-state index in [1.54, 1.807) is 11.8 Å². The molecule has 0 N–H and O–H groups in total. The molecule has 1 amide bonds. The topological polar surface area (TPSA) is 51.0 Å². The van der Waals surface area contributed by atoms with Crippen molar-refractivity contribution in [2.45, 2.75) is 27.8 Å². The Labute approximate surface area is 229 Å². The predicted octanol–water partition coefficient (Wildman–Crippen LogP) is 6.61. The van der Waals surface area contributed by atoms with Crippen LogP contribution < -0.4 is 4.90 Å². The Bertz CT molecular complexity index is 1480. The summed E-state index contributed by atoms with van der Waals surface area (Å²) in [6.07, 6.45) is 9.00. The highest BCUT2D eigenvalue weighted by Crippen LogP contribution is 2.43. The third-order valence-electron chi connectivity index (χ3n) is 6.33. The molecule has 184 valence electrons. The fraction of sp³-hybridized carbons (Fsp3) is 0.138. The second-order valence-corrected chi connectivity index (χ2v) is 11.3. The molecule has 0 radical (unpaired) electrons. The summed E-state index contributed by atoms with van der Waals surface area (Å²) in [5.74, 6) is 1.10. The maximum Gasteiger partial charge on any atom is 0.238 e. The fourth-order valence-electron chi connectivity index (χ4n) is 4.61. The molecule has 0 bridgehead atoms. The lowest BCUT2D eigenvalue weighted by molar-refractivity contribution is -0.116. The van der Waals surface area contributed by atoms with Gasteiger partial charge in [-0.15, -0.1) is 22.0 Å². The summed E-state index contributed by atoms with van der Waals surface area (Å²) in [6.45, 7) is 0. The highest BCUT2D eigenvalue weighted by molar-refractivity contribution is 8.00. The van der Waals surface area contributed by atoms with E-state index in [2.05, 4.69) is 46.6 Å². The molecule has 1 aliphatic heterocycles. The maximum absolute atomic E-state index is 13.7. The van der Waals surface area contributed by atoms with Crippen molar-refractivity contribution in [3.63, 3.8) is 0 Å². The Morgan fingerprint density at radius 3 is 2.51 bits per heavy atom. The number of hydrogen-bond donors (Lipinski definition) is 0. The van der Waals surface area contributed by atoms with E-state index in [0.717, 1.165) is 27.7 Å². The zero-order chi connectivity index (χ0) is 25.2. The molecular weight excluding hydrogens is 520 g/mol. The Kier molecular flexibility index (Phi) is 6.91. The van der Waals surface area contributed by atoms with E-state index < -0.39 is 0 Å². The Hall–Kier alpha value is -3.26. The summed E-state index contributed by atoms with van der Waals surface area (Å²) in [5, 5.41) is 10.5. The van der Waals surface area contributed by atoms with Gasteiger partial charge in [0.05, 0.1) is 22.7 Å². The summed E-state index contributed by atoms with van der Waals surface area (Å²) in [7, 11) is 0. The van der Waals surface area contributed by atoms with E-state index in [1.807, 2.05) is 76.2 Å². The molecule has 0 unspecified atom stereocenters. The van der Waals surface area contributed by atoms with Crippen LogP contribution in [0.1, 0.15) is 11.4 Å². The molecule has 37 heavy (non-hydrogen) atoms. The van der Waals surface area contributed by atoms with Crippen molar-refractivity contribution in [2.24, 2.45) is 0 Å². The van der Waals surface area contributed by atoms with Crippen molar-refractivity contribution >= 4 is 46.7 Å². The summed E-state index contributed by atoms with van der Waals surface area (Å²) < 4.78 is 2.02. The molecule has 0 spiro atoms. The molecule has 1 aromatic heterocycles. The Morgan fingerprint density at radius 2 is 1.68 bits per heavy atom. The molecule has 2 heterocycles. The van der Waals surface area contributed by atoms with Crippen LogP contribution in [0.5, 0.6) is 0 Å². The molecule has 0 fully saturated rings. The number of para-hydroxylation sites is 1. The zero-order valence-electron chi connectivity index (χ0n) is 19.8. The van der Waals surface area contributed by atoms with Crippen LogP contribution in [0.4, 0.5) is 5.69 Å². The van der Waals surface area contributed by atoms with Gasteiger partial charge in [-0.3, -0.25) is 9.36 Å². The van der Waals surface area contributed by atoms with Crippen LogP contribution in [-0.2, 0) is 11.2 Å². The molecule has 5 nitrogen and oxygen atoms in total. The van der Waals surface area contributed by atoms with Crippen LogP contribution in [0, 0.1) is 0 Å². The first-order chi connectivity index (χ1) is 18.2. The van der Waals surface area contributed by atoms with E-state index in [4.69, 9.17) is 11.6 Å². The lowest BCUT2D eigenvalue weighted by Gasteiger charge is -2.40. The summed E-state index contributed by atoms with van der Waals surface area (Å²) in [6, 6.07) is 25.9. The number of carbonyl (C=O) groups excluding carboxylic acids is 1. The minimum Gasteiger partial charge on any atom is -0.302 e. The summed E-state index contributed by atoms with van der Waals surface area (Å²) in [4.78, 5) is 16.8. The van der Waals surface area contributed by atoms with Gasteiger partial charge < -0.3 is 4.90 Å². The molecule has 1 aliphatic carbocycles. The fourth-order valence-corrected chi connectivity index (χ4v) is 6.83. The van der Waals surface area contributed by atoms with E-state index in [0.29, 0.717) is 16.6 Å². The van der Waals surface area contributed by atoms with Crippen molar-refractivity contribution in [3.05, 3.63) is 120 Å². The number of benzene rings is 3.